The van der Waals surface area contributed by atoms with Crippen molar-refractivity contribution < 1.29 is 23.8 Å². The first-order chi connectivity index (χ1) is 12.6. The van der Waals surface area contributed by atoms with Crippen LogP contribution in [0.5, 0.6) is 0 Å². The third-order valence-corrected chi connectivity index (χ3v) is 5.00. The third-order valence-electron chi connectivity index (χ3n) is 5.00. The van der Waals surface area contributed by atoms with Crippen molar-refractivity contribution in [1.29, 1.82) is 0 Å². The van der Waals surface area contributed by atoms with Gasteiger partial charge in [0.25, 0.3) is 0 Å². The molecule has 1 unspecified atom stereocenters. The molecule has 1 fully saturated rings. The van der Waals surface area contributed by atoms with Gasteiger partial charge in [-0.05, 0) is 6.42 Å². The van der Waals surface area contributed by atoms with Gasteiger partial charge in [0.2, 0.25) is 0 Å². The van der Waals surface area contributed by atoms with Gasteiger partial charge in [-0.2, -0.15) is 0 Å². The molecule has 0 aromatic carbocycles. The van der Waals surface area contributed by atoms with Crippen molar-refractivity contribution in [2.24, 2.45) is 0 Å². The molecule has 1 aliphatic heterocycles. The minimum Gasteiger partial charge on any atom is -0.461 e. The van der Waals surface area contributed by atoms with E-state index in [1.54, 1.807) is 7.11 Å². The van der Waals surface area contributed by atoms with Crippen LogP contribution in [0.3, 0.4) is 0 Å². The van der Waals surface area contributed by atoms with Gasteiger partial charge < -0.3 is 14.2 Å². The summed E-state index contributed by atoms with van der Waals surface area (Å²) in [6.45, 7) is 2.62. The summed E-state index contributed by atoms with van der Waals surface area (Å²) < 4.78 is 15.7. The van der Waals surface area contributed by atoms with Crippen molar-refractivity contribution in [2.75, 3.05) is 20.3 Å². The van der Waals surface area contributed by atoms with Gasteiger partial charge in [0.1, 0.15) is 6.61 Å². The van der Waals surface area contributed by atoms with Crippen LogP contribution in [0.15, 0.2) is 0 Å². The maximum atomic E-state index is 11.9. The first-order valence-electron chi connectivity index (χ1n) is 10.5. The van der Waals surface area contributed by atoms with Gasteiger partial charge >= 0.3 is 11.9 Å². The number of carbonyl (C=O) groups is 2. The Morgan fingerprint density at radius 1 is 0.962 bits per heavy atom. The van der Waals surface area contributed by atoms with Crippen molar-refractivity contribution in [3.05, 3.63) is 0 Å². The van der Waals surface area contributed by atoms with Crippen LogP contribution in [-0.4, -0.2) is 37.9 Å². The van der Waals surface area contributed by atoms with Crippen molar-refractivity contribution in [3.63, 3.8) is 0 Å². The summed E-state index contributed by atoms with van der Waals surface area (Å²) in [4.78, 5) is 23.2. The predicted octanol–water partition coefficient (Wildman–Crippen LogP) is 4.95. The smallest absolute Gasteiger partial charge is 0.306 e. The standard InChI is InChI=1S/C21H38O5/c1-3-4-5-6-7-8-9-10-11-12-13-14-19(22)25-18-21(17-24-2)16-15-20(23)26-21/h3-18H2,1-2H3. The number of carbonyl (C=O) groups excluding carboxylic acids is 2. The normalized spacial score (nSPS) is 19.5. The molecule has 5 heteroatoms. The van der Waals surface area contributed by atoms with Crippen LogP contribution in [-0.2, 0) is 23.8 Å². The molecule has 0 bridgehead atoms. The van der Waals surface area contributed by atoms with Crippen molar-refractivity contribution in [3.8, 4) is 0 Å². The fourth-order valence-corrected chi connectivity index (χ4v) is 3.40. The van der Waals surface area contributed by atoms with E-state index in [-0.39, 0.29) is 25.2 Å². The van der Waals surface area contributed by atoms with E-state index in [4.69, 9.17) is 14.2 Å². The van der Waals surface area contributed by atoms with Gasteiger partial charge in [0.15, 0.2) is 5.60 Å². The van der Waals surface area contributed by atoms with Crippen LogP contribution in [0.25, 0.3) is 0 Å². The topological polar surface area (TPSA) is 61.8 Å². The highest BCUT2D eigenvalue weighted by atomic mass is 16.6. The molecule has 0 aliphatic carbocycles. The molecule has 0 N–H and O–H groups in total. The molecule has 1 heterocycles. The highest BCUT2D eigenvalue weighted by molar-refractivity contribution is 5.72. The van der Waals surface area contributed by atoms with Gasteiger partial charge in [-0.3, -0.25) is 9.59 Å². The Labute approximate surface area is 159 Å². The SMILES string of the molecule is CCCCCCCCCCCCCC(=O)OCC1(COC)CCC(=O)O1. The van der Waals surface area contributed by atoms with E-state index in [2.05, 4.69) is 6.92 Å². The van der Waals surface area contributed by atoms with E-state index >= 15 is 0 Å². The van der Waals surface area contributed by atoms with Crippen LogP contribution < -0.4 is 0 Å². The van der Waals surface area contributed by atoms with E-state index in [0.717, 1.165) is 12.8 Å². The molecule has 152 valence electrons. The average Bonchev–Trinajstić information content (AvgIpc) is 2.99. The summed E-state index contributed by atoms with van der Waals surface area (Å²) in [6.07, 6.45) is 15.2. The predicted molar refractivity (Wildman–Crippen MR) is 102 cm³/mol. The third kappa shape index (κ3) is 10.1. The van der Waals surface area contributed by atoms with Crippen molar-refractivity contribution in [1.82, 2.24) is 0 Å². The number of rotatable bonds is 16. The van der Waals surface area contributed by atoms with Crippen LogP contribution in [0.2, 0.25) is 0 Å². The number of esters is 2. The zero-order valence-electron chi connectivity index (χ0n) is 16.9. The first-order valence-corrected chi connectivity index (χ1v) is 10.5. The lowest BCUT2D eigenvalue weighted by Gasteiger charge is -2.26. The largest absolute Gasteiger partial charge is 0.461 e. The number of cyclic esters (lactones) is 1. The van der Waals surface area contributed by atoms with Gasteiger partial charge in [-0.15, -0.1) is 0 Å². The minimum atomic E-state index is -0.779. The molecular formula is C21H38O5. The number of hydrogen-bond acceptors (Lipinski definition) is 5. The zero-order chi connectivity index (χ0) is 19.1. The summed E-state index contributed by atoms with van der Waals surface area (Å²) in [5.41, 5.74) is -0.779. The lowest BCUT2D eigenvalue weighted by molar-refractivity contribution is -0.168. The molecule has 26 heavy (non-hydrogen) atoms. The number of hydrogen-bond donors (Lipinski definition) is 0. The molecule has 0 aromatic rings. The number of unbranched alkanes of at least 4 members (excludes halogenated alkanes) is 10. The number of methoxy groups -OCH3 is 1. The second-order valence-electron chi connectivity index (χ2n) is 7.54. The molecule has 0 radical (unpaired) electrons. The average molecular weight is 371 g/mol. The molecule has 0 aromatic heterocycles. The maximum absolute atomic E-state index is 11.9. The Morgan fingerprint density at radius 3 is 2.04 bits per heavy atom. The van der Waals surface area contributed by atoms with Crippen LogP contribution in [0.1, 0.15) is 96.8 Å². The maximum Gasteiger partial charge on any atom is 0.306 e. The van der Waals surface area contributed by atoms with Gasteiger partial charge in [-0.25, -0.2) is 0 Å². The zero-order valence-corrected chi connectivity index (χ0v) is 16.9. The summed E-state index contributed by atoms with van der Waals surface area (Å²) in [5, 5.41) is 0. The molecule has 5 nitrogen and oxygen atoms in total. The fourth-order valence-electron chi connectivity index (χ4n) is 3.40. The quantitative estimate of drug-likeness (QED) is 0.284. The highest BCUT2D eigenvalue weighted by Crippen LogP contribution is 2.27. The first kappa shape index (κ1) is 22.9. The molecule has 0 amide bonds. The molecule has 1 aliphatic rings. The summed E-state index contributed by atoms with van der Waals surface area (Å²) >= 11 is 0. The summed E-state index contributed by atoms with van der Waals surface area (Å²) in [7, 11) is 1.56. The Kier molecular flexibility index (Phi) is 12.4. The van der Waals surface area contributed by atoms with E-state index in [0.29, 0.717) is 19.3 Å². The molecule has 0 spiro atoms. The minimum absolute atomic E-state index is 0.101. The summed E-state index contributed by atoms with van der Waals surface area (Å²) in [6, 6.07) is 0. The highest BCUT2D eigenvalue weighted by Gasteiger charge is 2.41. The molecule has 1 atom stereocenters. The molecule has 1 rings (SSSR count). The Balaban J connectivity index is 1.97. The second kappa shape index (κ2) is 14.0. The van der Waals surface area contributed by atoms with Crippen LogP contribution >= 0.6 is 0 Å². The lowest BCUT2D eigenvalue weighted by atomic mass is 10.0. The Hall–Kier alpha value is -1.10. The monoisotopic (exact) mass is 370 g/mol. The van der Waals surface area contributed by atoms with Gasteiger partial charge in [0, 0.05) is 26.4 Å². The molecule has 0 saturated carbocycles. The molecule has 1 saturated heterocycles. The van der Waals surface area contributed by atoms with E-state index in [9.17, 15) is 9.59 Å². The van der Waals surface area contributed by atoms with E-state index in [1.807, 2.05) is 0 Å². The van der Waals surface area contributed by atoms with Crippen LogP contribution in [0.4, 0.5) is 0 Å². The van der Waals surface area contributed by atoms with Gasteiger partial charge in [-0.1, -0.05) is 71.1 Å². The lowest BCUT2D eigenvalue weighted by Crippen LogP contribution is -2.40. The van der Waals surface area contributed by atoms with Crippen LogP contribution in [0, 0.1) is 0 Å². The van der Waals surface area contributed by atoms with Crippen molar-refractivity contribution >= 4 is 11.9 Å². The molecular weight excluding hydrogens is 332 g/mol. The van der Waals surface area contributed by atoms with E-state index < -0.39 is 5.60 Å². The van der Waals surface area contributed by atoms with Gasteiger partial charge in [0.05, 0.1) is 6.61 Å². The number of ether oxygens (including phenoxy) is 3. The second-order valence-corrected chi connectivity index (χ2v) is 7.54. The van der Waals surface area contributed by atoms with Crippen molar-refractivity contribution in [2.45, 2.75) is 102 Å². The Bertz CT molecular complexity index is 396. The fraction of sp³-hybridized carbons (Fsp3) is 0.905. The van der Waals surface area contributed by atoms with E-state index in [1.165, 1.54) is 57.8 Å². The Morgan fingerprint density at radius 2 is 1.54 bits per heavy atom. The summed E-state index contributed by atoms with van der Waals surface area (Å²) in [5.74, 6) is -0.456.